The van der Waals surface area contributed by atoms with Crippen LogP contribution in [0.3, 0.4) is 0 Å². The minimum Gasteiger partial charge on any atom is -0.349 e. The van der Waals surface area contributed by atoms with E-state index in [1.54, 1.807) is 28.0 Å². The van der Waals surface area contributed by atoms with E-state index >= 15 is 0 Å². The van der Waals surface area contributed by atoms with Gasteiger partial charge in [0.1, 0.15) is 6.54 Å². The first-order chi connectivity index (χ1) is 9.10. The lowest BCUT2D eigenvalue weighted by Gasteiger charge is -2.07. The number of halogens is 2. The average molecular weight is 347 g/mol. The van der Waals surface area contributed by atoms with Gasteiger partial charge in [0.25, 0.3) is 0 Å². The summed E-state index contributed by atoms with van der Waals surface area (Å²) in [6.45, 7) is 3.21. The predicted molar refractivity (Wildman–Crippen MR) is 74.7 cm³/mol. The highest BCUT2D eigenvalue weighted by molar-refractivity contribution is 9.10. The maximum absolute atomic E-state index is 11.8. The van der Waals surface area contributed by atoms with Crippen molar-refractivity contribution in [2.45, 2.75) is 26.6 Å². The number of hydrogen-bond donors (Lipinski definition) is 1. The summed E-state index contributed by atoms with van der Waals surface area (Å²) in [6.07, 6.45) is 4.95. The Morgan fingerprint density at radius 3 is 2.89 bits per heavy atom. The number of aryl methyl sites for hydroxylation is 1. The molecule has 0 saturated heterocycles. The van der Waals surface area contributed by atoms with E-state index in [9.17, 15) is 4.79 Å². The first-order valence-corrected chi connectivity index (χ1v) is 6.92. The SMILES string of the molecule is CCn1ncc(Cl)c1CNC(=O)Cn1cc(Br)cn1. The van der Waals surface area contributed by atoms with Crippen LogP contribution in [0.4, 0.5) is 0 Å². The highest BCUT2D eigenvalue weighted by Crippen LogP contribution is 2.14. The molecule has 0 atom stereocenters. The molecule has 2 aromatic rings. The minimum atomic E-state index is -0.129. The summed E-state index contributed by atoms with van der Waals surface area (Å²) < 4.78 is 4.15. The second-order valence-corrected chi connectivity index (χ2v) is 5.21. The van der Waals surface area contributed by atoms with Crippen molar-refractivity contribution in [1.82, 2.24) is 24.9 Å². The summed E-state index contributed by atoms with van der Waals surface area (Å²) in [5.74, 6) is -0.129. The zero-order chi connectivity index (χ0) is 13.8. The van der Waals surface area contributed by atoms with Crippen LogP contribution in [-0.2, 0) is 24.4 Å². The molecule has 2 heterocycles. The van der Waals surface area contributed by atoms with Gasteiger partial charge in [-0.1, -0.05) is 11.6 Å². The third kappa shape index (κ3) is 3.57. The fourth-order valence-electron chi connectivity index (χ4n) is 1.65. The van der Waals surface area contributed by atoms with Crippen LogP contribution in [0.5, 0.6) is 0 Å². The van der Waals surface area contributed by atoms with Crippen molar-refractivity contribution in [3.63, 3.8) is 0 Å². The Bertz CT molecular complexity index is 579. The monoisotopic (exact) mass is 345 g/mol. The predicted octanol–water partition coefficient (Wildman–Crippen LogP) is 1.83. The lowest BCUT2D eigenvalue weighted by Crippen LogP contribution is -2.28. The summed E-state index contributed by atoms with van der Waals surface area (Å²) in [4.78, 5) is 11.8. The van der Waals surface area contributed by atoms with Crippen molar-refractivity contribution >= 4 is 33.4 Å². The molecule has 0 fully saturated rings. The van der Waals surface area contributed by atoms with Crippen molar-refractivity contribution in [2.75, 3.05) is 0 Å². The molecular formula is C11H13BrClN5O. The van der Waals surface area contributed by atoms with E-state index in [1.807, 2.05) is 6.92 Å². The van der Waals surface area contributed by atoms with E-state index in [0.29, 0.717) is 18.1 Å². The fourth-order valence-corrected chi connectivity index (χ4v) is 2.18. The molecule has 2 aromatic heterocycles. The average Bonchev–Trinajstić information content (AvgIpc) is 2.93. The molecule has 6 nitrogen and oxygen atoms in total. The summed E-state index contributed by atoms with van der Waals surface area (Å²) in [5, 5.41) is 11.5. The maximum Gasteiger partial charge on any atom is 0.242 e. The number of carbonyl (C=O) groups is 1. The molecule has 0 radical (unpaired) electrons. The van der Waals surface area contributed by atoms with E-state index in [1.165, 1.54) is 0 Å². The first kappa shape index (κ1) is 14.1. The topological polar surface area (TPSA) is 64.7 Å². The number of nitrogens with zero attached hydrogens (tertiary/aromatic N) is 4. The number of rotatable bonds is 5. The molecule has 1 N–H and O–H groups in total. The van der Waals surface area contributed by atoms with Crippen molar-refractivity contribution in [3.8, 4) is 0 Å². The van der Waals surface area contributed by atoms with E-state index in [4.69, 9.17) is 11.6 Å². The van der Waals surface area contributed by atoms with Gasteiger partial charge in [-0.25, -0.2) is 0 Å². The lowest BCUT2D eigenvalue weighted by atomic mass is 10.4. The second kappa shape index (κ2) is 6.21. The van der Waals surface area contributed by atoms with Crippen LogP contribution < -0.4 is 5.32 Å². The van der Waals surface area contributed by atoms with Gasteiger partial charge in [-0.3, -0.25) is 14.2 Å². The molecule has 0 bridgehead atoms. The summed E-state index contributed by atoms with van der Waals surface area (Å²) in [7, 11) is 0. The third-order valence-electron chi connectivity index (χ3n) is 2.56. The Kier molecular flexibility index (Phi) is 4.60. The Morgan fingerprint density at radius 2 is 2.26 bits per heavy atom. The summed E-state index contributed by atoms with van der Waals surface area (Å²) >= 11 is 9.29. The van der Waals surface area contributed by atoms with Crippen molar-refractivity contribution < 1.29 is 4.79 Å². The van der Waals surface area contributed by atoms with E-state index in [0.717, 1.165) is 10.2 Å². The molecule has 0 aliphatic carbocycles. The lowest BCUT2D eigenvalue weighted by molar-refractivity contribution is -0.122. The quantitative estimate of drug-likeness (QED) is 0.898. The Labute approximate surface area is 123 Å². The van der Waals surface area contributed by atoms with Gasteiger partial charge in [0.15, 0.2) is 0 Å². The summed E-state index contributed by atoms with van der Waals surface area (Å²) in [5.41, 5.74) is 0.805. The highest BCUT2D eigenvalue weighted by atomic mass is 79.9. The van der Waals surface area contributed by atoms with Gasteiger partial charge in [0.2, 0.25) is 5.91 Å². The maximum atomic E-state index is 11.8. The van der Waals surface area contributed by atoms with Gasteiger partial charge in [0, 0.05) is 12.7 Å². The fraction of sp³-hybridized carbons (Fsp3) is 0.364. The normalized spacial score (nSPS) is 10.7. The molecule has 8 heteroatoms. The molecule has 19 heavy (non-hydrogen) atoms. The number of amides is 1. The van der Waals surface area contributed by atoms with Gasteiger partial charge in [-0.2, -0.15) is 10.2 Å². The van der Waals surface area contributed by atoms with Gasteiger partial charge in [-0.15, -0.1) is 0 Å². The van der Waals surface area contributed by atoms with E-state index in [-0.39, 0.29) is 12.5 Å². The van der Waals surface area contributed by atoms with Crippen LogP contribution in [0.15, 0.2) is 23.1 Å². The molecule has 1 amide bonds. The van der Waals surface area contributed by atoms with Crippen LogP contribution in [0.25, 0.3) is 0 Å². The van der Waals surface area contributed by atoms with Gasteiger partial charge < -0.3 is 5.32 Å². The molecular weight excluding hydrogens is 334 g/mol. The zero-order valence-electron chi connectivity index (χ0n) is 10.3. The number of carbonyl (C=O) groups excluding carboxylic acids is 1. The standard InChI is InChI=1S/C11H13BrClN5O/c1-2-18-10(9(13)4-16-18)5-14-11(19)7-17-6-8(12)3-15-17/h3-4,6H,2,5,7H2,1H3,(H,14,19). The van der Waals surface area contributed by atoms with Crippen molar-refractivity contribution in [3.05, 3.63) is 33.8 Å². The number of nitrogens with one attached hydrogen (secondary N) is 1. The van der Waals surface area contributed by atoms with E-state index < -0.39 is 0 Å². The van der Waals surface area contributed by atoms with Gasteiger partial charge in [0.05, 0.1) is 34.1 Å². The molecule has 0 aliphatic rings. The van der Waals surface area contributed by atoms with Gasteiger partial charge in [-0.05, 0) is 22.9 Å². The highest BCUT2D eigenvalue weighted by Gasteiger charge is 2.10. The summed E-state index contributed by atoms with van der Waals surface area (Å²) in [6, 6.07) is 0. The Hall–Kier alpha value is -1.34. The largest absolute Gasteiger partial charge is 0.349 e. The van der Waals surface area contributed by atoms with Crippen LogP contribution in [0.2, 0.25) is 5.02 Å². The smallest absolute Gasteiger partial charge is 0.242 e. The molecule has 102 valence electrons. The minimum absolute atomic E-state index is 0.129. The van der Waals surface area contributed by atoms with Gasteiger partial charge >= 0.3 is 0 Å². The molecule has 0 saturated carbocycles. The third-order valence-corrected chi connectivity index (χ3v) is 3.28. The molecule has 0 aliphatic heterocycles. The first-order valence-electron chi connectivity index (χ1n) is 5.75. The molecule has 2 rings (SSSR count). The van der Waals surface area contributed by atoms with Crippen LogP contribution in [0.1, 0.15) is 12.6 Å². The molecule has 0 spiro atoms. The second-order valence-electron chi connectivity index (χ2n) is 3.89. The zero-order valence-corrected chi connectivity index (χ0v) is 12.6. The number of aromatic nitrogens is 4. The van der Waals surface area contributed by atoms with Crippen LogP contribution in [-0.4, -0.2) is 25.5 Å². The van der Waals surface area contributed by atoms with Crippen LogP contribution >= 0.6 is 27.5 Å². The molecule has 0 unspecified atom stereocenters. The Balaban J connectivity index is 1.91. The number of hydrogen-bond acceptors (Lipinski definition) is 3. The molecule has 0 aromatic carbocycles. The Morgan fingerprint density at radius 1 is 1.47 bits per heavy atom. The van der Waals surface area contributed by atoms with Crippen molar-refractivity contribution in [1.29, 1.82) is 0 Å². The van der Waals surface area contributed by atoms with E-state index in [2.05, 4.69) is 31.4 Å². The van der Waals surface area contributed by atoms with Crippen molar-refractivity contribution in [2.24, 2.45) is 0 Å². The van der Waals surface area contributed by atoms with Crippen LogP contribution in [0, 0.1) is 0 Å².